The maximum Gasteiger partial charge on any atom is 1.00 e. The van der Waals surface area contributed by atoms with E-state index in [2.05, 4.69) is 0 Å². The van der Waals surface area contributed by atoms with E-state index in [0.717, 1.165) is 0 Å². The van der Waals surface area contributed by atoms with Crippen LogP contribution in [0.4, 0.5) is 0 Å². The van der Waals surface area contributed by atoms with Crippen molar-refractivity contribution < 1.29 is 47.6 Å². The van der Waals surface area contributed by atoms with Crippen molar-refractivity contribution in [1.29, 1.82) is 0 Å². The van der Waals surface area contributed by atoms with Crippen LogP contribution in [0.2, 0.25) is 0 Å². The van der Waals surface area contributed by atoms with Crippen molar-refractivity contribution in [3.05, 3.63) is 11.2 Å². The molecular weight excluding hydrogens is 191 g/mol. The first-order chi connectivity index (χ1) is 3.95. The number of hydrogen-bond acceptors (Lipinski definition) is 4. The summed E-state index contributed by atoms with van der Waals surface area (Å²) in [6.07, 6.45) is 0. The summed E-state index contributed by atoms with van der Waals surface area (Å²) in [7, 11) is -4.48. The minimum Gasteiger partial charge on any atom is -0.744 e. The van der Waals surface area contributed by atoms with Gasteiger partial charge in [0.2, 0.25) is 0 Å². The molecule has 4 nitrogen and oxygen atoms in total. The van der Waals surface area contributed by atoms with Crippen LogP contribution in [0.1, 0.15) is 0 Å². The number of halogens is 1. The molecule has 0 aliphatic carbocycles. The predicted molar refractivity (Wildman–Crippen MR) is 31.1 cm³/mol. The van der Waals surface area contributed by atoms with Crippen molar-refractivity contribution in [2.45, 2.75) is 0 Å². The summed E-state index contributed by atoms with van der Waals surface area (Å²) in [5.41, 5.74) is 0. The Kier molecular flexibility index (Phi) is 7.20. The largest absolute Gasteiger partial charge is 1.00 e. The van der Waals surface area contributed by atoms with Crippen molar-refractivity contribution in [2.24, 2.45) is 0 Å². The van der Waals surface area contributed by atoms with Gasteiger partial charge in [0.25, 0.3) is 0 Å². The molecule has 54 valence electrons. The zero-order chi connectivity index (χ0) is 7.49. The fourth-order valence-corrected chi connectivity index (χ4v) is 0.783. The molecule has 0 bridgehead atoms. The fraction of sp³-hybridized carbons (Fsp3) is 0.333. The molecule has 0 fully saturated rings. The second-order valence-electron chi connectivity index (χ2n) is 1.24. The summed E-state index contributed by atoms with van der Waals surface area (Å²) in [4.78, 5) is 0. The molecule has 1 N–H and O–H groups in total. The van der Waals surface area contributed by atoms with Crippen LogP contribution in [-0.4, -0.2) is 24.0 Å². The molecule has 0 unspecified atom stereocenters. The van der Waals surface area contributed by atoms with E-state index in [1.54, 1.807) is 0 Å². The van der Waals surface area contributed by atoms with Crippen LogP contribution >= 0.6 is 11.6 Å². The molecule has 10 heavy (non-hydrogen) atoms. The van der Waals surface area contributed by atoms with Crippen LogP contribution in [0.3, 0.4) is 0 Å². The van der Waals surface area contributed by atoms with Crippen LogP contribution < -0.4 is 29.6 Å². The fourth-order valence-electron chi connectivity index (χ4n) is 0.198. The van der Waals surface area contributed by atoms with E-state index in [4.69, 9.17) is 16.7 Å². The molecule has 0 atom stereocenters. The zero-order valence-electron chi connectivity index (χ0n) is 5.24. The van der Waals surface area contributed by atoms with Crippen LogP contribution in [-0.2, 0) is 10.1 Å². The number of hydrogen-bond donors (Lipinski definition) is 1. The third-order valence-corrected chi connectivity index (χ3v) is 1.25. The normalized spacial score (nSPS) is 12.4. The summed E-state index contributed by atoms with van der Waals surface area (Å²) in [5, 5.41) is 8.51. The van der Waals surface area contributed by atoms with E-state index < -0.39 is 15.9 Å². The molecule has 0 aliphatic heterocycles. The minimum atomic E-state index is -4.48. The van der Waals surface area contributed by atoms with Gasteiger partial charge < -0.3 is 9.66 Å². The molecule has 0 aromatic carbocycles. The number of alkyl halides is 1. The Morgan fingerprint density at radius 3 is 2.20 bits per heavy atom. The molecule has 0 aliphatic rings. The van der Waals surface area contributed by atoms with E-state index in [-0.39, 0.29) is 40.8 Å². The zero-order valence-corrected chi connectivity index (χ0v) is 8.82. The molecular formula is C3H4ClNaO4S. The van der Waals surface area contributed by atoms with E-state index in [1.165, 1.54) is 0 Å². The van der Waals surface area contributed by atoms with Crippen molar-refractivity contribution in [1.82, 2.24) is 0 Å². The van der Waals surface area contributed by atoms with Crippen LogP contribution in [0.25, 0.3) is 0 Å². The number of aliphatic hydroxyl groups excluding tert-OH is 1. The van der Waals surface area contributed by atoms with Gasteiger partial charge in [-0.25, -0.2) is 8.42 Å². The van der Waals surface area contributed by atoms with Gasteiger partial charge in [-0.3, -0.25) is 0 Å². The molecule has 0 aromatic rings. The van der Waals surface area contributed by atoms with Crippen LogP contribution in [0.15, 0.2) is 11.2 Å². The summed E-state index contributed by atoms with van der Waals surface area (Å²) in [6.45, 7) is 0. The van der Waals surface area contributed by atoms with Gasteiger partial charge in [0, 0.05) is 0 Å². The smallest absolute Gasteiger partial charge is 0.744 e. The molecule has 0 spiro atoms. The Morgan fingerprint density at radius 1 is 1.70 bits per heavy atom. The van der Waals surface area contributed by atoms with Gasteiger partial charge in [0.15, 0.2) is 0 Å². The summed E-state index contributed by atoms with van der Waals surface area (Å²) in [6, 6.07) is 0. The minimum absolute atomic E-state index is 0. The first-order valence-corrected chi connectivity index (χ1v) is 3.87. The molecule has 0 saturated heterocycles. The van der Waals surface area contributed by atoms with Gasteiger partial charge in [-0.15, -0.1) is 11.6 Å². The van der Waals surface area contributed by atoms with Gasteiger partial charge in [-0.1, -0.05) is 0 Å². The summed E-state index contributed by atoms with van der Waals surface area (Å²) in [5.74, 6) is -1.02. The SMILES string of the molecule is O=S(=O)([O-])C=C(O)CCl.[Na+]. The Bertz CT molecular complexity index is 209. The standard InChI is InChI=1S/C3H5ClO4S.Na/c4-1-3(5)2-9(6,7)8;/h2,5H,1H2,(H,6,7,8);/q;+1/p-1. The van der Waals surface area contributed by atoms with Crippen molar-refractivity contribution in [3.63, 3.8) is 0 Å². The summed E-state index contributed by atoms with van der Waals surface area (Å²) < 4.78 is 29.2. The van der Waals surface area contributed by atoms with E-state index >= 15 is 0 Å². The summed E-state index contributed by atoms with van der Waals surface area (Å²) >= 11 is 4.94. The third kappa shape index (κ3) is 8.74. The molecule has 7 heteroatoms. The Balaban J connectivity index is 0. The topological polar surface area (TPSA) is 77.4 Å². The van der Waals surface area contributed by atoms with Gasteiger partial charge in [0.1, 0.15) is 15.9 Å². The Hall–Kier alpha value is 0.740. The monoisotopic (exact) mass is 194 g/mol. The molecule has 0 aromatic heterocycles. The first-order valence-electron chi connectivity index (χ1n) is 1.87. The molecule has 0 saturated carbocycles. The Labute approximate surface area is 85.9 Å². The van der Waals surface area contributed by atoms with Gasteiger partial charge in [-0.05, 0) is 0 Å². The van der Waals surface area contributed by atoms with E-state index in [1.807, 2.05) is 0 Å². The van der Waals surface area contributed by atoms with Gasteiger partial charge in [-0.2, -0.15) is 0 Å². The average molecular weight is 195 g/mol. The van der Waals surface area contributed by atoms with Crippen molar-refractivity contribution >= 4 is 21.7 Å². The average Bonchev–Trinajstić information content (AvgIpc) is 1.62. The van der Waals surface area contributed by atoms with E-state index in [9.17, 15) is 13.0 Å². The molecule has 0 rings (SSSR count). The molecule has 0 radical (unpaired) electrons. The van der Waals surface area contributed by atoms with Crippen molar-refractivity contribution in [3.8, 4) is 0 Å². The number of aliphatic hydroxyl groups is 1. The van der Waals surface area contributed by atoms with Crippen LogP contribution in [0.5, 0.6) is 0 Å². The van der Waals surface area contributed by atoms with Gasteiger partial charge in [0.05, 0.1) is 11.3 Å². The maximum atomic E-state index is 9.75. The molecule has 0 amide bonds. The first kappa shape index (κ1) is 13.3. The maximum absolute atomic E-state index is 9.75. The van der Waals surface area contributed by atoms with Crippen LogP contribution in [0, 0.1) is 0 Å². The molecule has 0 heterocycles. The number of allylic oxidation sites excluding steroid dienone is 1. The van der Waals surface area contributed by atoms with Gasteiger partial charge >= 0.3 is 29.6 Å². The second kappa shape index (κ2) is 5.40. The third-order valence-electron chi connectivity index (χ3n) is 0.417. The van der Waals surface area contributed by atoms with Crippen molar-refractivity contribution in [2.75, 3.05) is 5.88 Å². The predicted octanol–water partition coefficient (Wildman–Crippen LogP) is -2.83. The van der Waals surface area contributed by atoms with E-state index in [0.29, 0.717) is 0 Å². The Morgan fingerprint density at radius 2 is 2.10 bits per heavy atom. The number of rotatable bonds is 2. The second-order valence-corrected chi connectivity index (χ2v) is 2.72. The quantitative estimate of drug-likeness (QED) is 0.223.